The number of methoxy groups -OCH3 is 3. The minimum atomic E-state index is -0.388. The van der Waals surface area contributed by atoms with Crippen molar-refractivity contribution in [1.29, 1.82) is 0 Å². The highest BCUT2D eigenvalue weighted by Gasteiger charge is 2.17. The zero-order chi connectivity index (χ0) is 21.1. The van der Waals surface area contributed by atoms with Crippen LogP contribution in [0, 0.1) is 0 Å². The summed E-state index contributed by atoms with van der Waals surface area (Å²) in [5.74, 6) is 0.662. The van der Waals surface area contributed by atoms with Gasteiger partial charge < -0.3 is 24.4 Å². The Hall–Kier alpha value is -2.54. The third kappa shape index (κ3) is 6.56. The zero-order valence-electron chi connectivity index (χ0n) is 17.8. The fourth-order valence-electron chi connectivity index (χ4n) is 2.82. The number of nitrogens with one attached hydrogen (secondary N) is 1. The van der Waals surface area contributed by atoms with Crippen LogP contribution in [0.5, 0.6) is 17.2 Å². The van der Waals surface area contributed by atoms with Crippen molar-refractivity contribution >= 4 is 17.8 Å². The third-order valence-corrected chi connectivity index (χ3v) is 4.45. The van der Waals surface area contributed by atoms with Crippen molar-refractivity contribution in [2.45, 2.75) is 27.2 Å². The quantitative estimate of drug-likeness (QED) is 0.255. The first-order valence-electron chi connectivity index (χ1n) is 9.44. The molecule has 1 N–H and O–H groups in total. The van der Waals surface area contributed by atoms with E-state index in [9.17, 15) is 9.59 Å². The molecule has 0 bridgehead atoms. The first-order chi connectivity index (χ1) is 13.4. The van der Waals surface area contributed by atoms with E-state index in [0.717, 1.165) is 26.1 Å². The Labute approximate surface area is 167 Å². The molecule has 0 saturated carbocycles. The van der Waals surface area contributed by atoms with Crippen molar-refractivity contribution in [3.63, 3.8) is 0 Å². The molecule has 1 aromatic rings. The van der Waals surface area contributed by atoms with Crippen LogP contribution >= 0.6 is 0 Å². The number of rotatable bonds is 12. The number of benzene rings is 1. The minimum Gasteiger partial charge on any atom is -0.493 e. The van der Waals surface area contributed by atoms with Crippen LogP contribution in [0.15, 0.2) is 17.7 Å². The molecule has 0 saturated heterocycles. The number of carbonyl (C=O) groups excluding carboxylic acids is 2. The molecule has 0 spiro atoms. The maximum absolute atomic E-state index is 12.5. The van der Waals surface area contributed by atoms with Gasteiger partial charge in [-0.2, -0.15) is 0 Å². The molecular weight excluding hydrogens is 360 g/mol. The number of amides is 1. The number of hydrogen-bond acceptors (Lipinski definition) is 6. The van der Waals surface area contributed by atoms with Crippen LogP contribution in [-0.2, 0) is 9.59 Å². The van der Waals surface area contributed by atoms with Crippen LogP contribution < -0.4 is 19.5 Å². The summed E-state index contributed by atoms with van der Waals surface area (Å²) in [7, 11) is 4.54. The van der Waals surface area contributed by atoms with Crippen molar-refractivity contribution in [3.8, 4) is 17.2 Å². The first-order valence-corrected chi connectivity index (χ1v) is 9.44. The van der Waals surface area contributed by atoms with Gasteiger partial charge in [-0.25, -0.2) is 0 Å². The monoisotopic (exact) mass is 392 g/mol. The number of ketones is 1. The SMILES string of the molecule is CCN(CC)CCCNC(=O)C(=Cc1cc(OC)c(OC)c(OC)c1)C(C)=O. The molecule has 1 amide bonds. The normalized spacial score (nSPS) is 11.3. The molecule has 1 rings (SSSR count). The lowest BCUT2D eigenvalue weighted by Gasteiger charge is -2.17. The molecule has 0 atom stereocenters. The predicted molar refractivity (Wildman–Crippen MR) is 110 cm³/mol. The molecule has 0 aromatic heterocycles. The first kappa shape index (κ1) is 23.5. The molecular formula is C21H32N2O5. The van der Waals surface area contributed by atoms with E-state index in [1.807, 2.05) is 0 Å². The van der Waals surface area contributed by atoms with Gasteiger partial charge in [-0.3, -0.25) is 9.59 Å². The van der Waals surface area contributed by atoms with Gasteiger partial charge >= 0.3 is 0 Å². The Morgan fingerprint density at radius 2 is 1.61 bits per heavy atom. The molecule has 0 aliphatic carbocycles. The standard InChI is InChI=1S/C21H32N2O5/c1-7-23(8-2)11-9-10-22-21(25)17(15(3)24)12-16-13-18(26-4)20(28-6)19(14-16)27-5/h12-14H,7-11H2,1-6H3,(H,22,25). The molecule has 7 nitrogen and oxygen atoms in total. The summed E-state index contributed by atoms with van der Waals surface area (Å²) in [6.07, 6.45) is 2.36. The third-order valence-electron chi connectivity index (χ3n) is 4.45. The van der Waals surface area contributed by atoms with Crippen LogP contribution in [-0.4, -0.2) is 64.1 Å². The largest absolute Gasteiger partial charge is 0.493 e. The van der Waals surface area contributed by atoms with E-state index in [1.54, 1.807) is 12.1 Å². The van der Waals surface area contributed by atoms with E-state index in [1.165, 1.54) is 34.3 Å². The van der Waals surface area contributed by atoms with Crippen LogP contribution in [0.4, 0.5) is 0 Å². The van der Waals surface area contributed by atoms with Gasteiger partial charge in [0.1, 0.15) is 0 Å². The second kappa shape index (κ2) is 12.0. The van der Waals surface area contributed by atoms with Gasteiger partial charge in [0.25, 0.3) is 5.91 Å². The van der Waals surface area contributed by atoms with Crippen molar-refractivity contribution in [1.82, 2.24) is 10.2 Å². The van der Waals surface area contributed by atoms with Crippen LogP contribution in [0.1, 0.15) is 32.8 Å². The summed E-state index contributed by atoms with van der Waals surface area (Å²) in [5.41, 5.74) is 0.690. The average Bonchev–Trinajstić information content (AvgIpc) is 2.70. The van der Waals surface area contributed by atoms with Crippen molar-refractivity contribution < 1.29 is 23.8 Å². The lowest BCUT2D eigenvalue weighted by molar-refractivity contribution is -0.121. The summed E-state index contributed by atoms with van der Waals surface area (Å²) < 4.78 is 15.9. The summed E-state index contributed by atoms with van der Waals surface area (Å²) in [6.45, 7) is 8.95. The lowest BCUT2D eigenvalue weighted by Crippen LogP contribution is -2.31. The van der Waals surface area contributed by atoms with Crippen molar-refractivity contribution in [2.24, 2.45) is 0 Å². The number of Topliss-reactive ketones (excluding diaryl/α,β-unsaturated/α-hetero) is 1. The smallest absolute Gasteiger partial charge is 0.254 e. The molecule has 0 unspecified atom stereocenters. The van der Waals surface area contributed by atoms with Crippen molar-refractivity contribution in [3.05, 3.63) is 23.3 Å². The Balaban J connectivity index is 2.97. The van der Waals surface area contributed by atoms with Crippen molar-refractivity contribution in [2.75, 3.05) is 47.5 Å². The van der Waals surface area contributed by atoms with Crippen LogP contribution in [0.3, 0.4) is 0 Å². The van der Waals surface area contributed by atoms with Gasteiger partial charge in [0.05, 0.1) is 26.9 Å². The van der Waals surface area contributed by atoms with E-state index in [0.29, 0.717) is 29.4 Å². The molecule has 28 heavy (non-hydrogen) atoms. The maximum atomic E-state index is 12.5. The average molecular weight is 392 g/mol. The number of carbonyl (C=O) groups is 2. The maximum Gasteiger partial charge on any atom is 0.254 e. The molecule has 0 fully saturated rings. The van der Waals surface area contributed by atoms with Crippen LogP contribution in [0.25, 0.3) is 6.08 Å². The zero-order valence-corrected chi connectivity index (χ0v) is 17.8. The summed E-state index contributed by atoms with van der Waals surface area (Å²) in [6, 6.07) is 3.38. The van der Waals surface area contributed by atoms with E-state index in [4.69, 9.17) is 14.2 Å². The molecule has 0 heterocycles. The van der Waals surface area contributed by atoms with Gasteiger partial charge in [0.2, 0.25) is 5.75 Å². The van der Waals surface area contributed by atoms with E-state index in [2.05, 4.69) is 24.1 Å². The molecule has 7 heteroatoms. The number of nitrogens with zero attached hydrogens (tertiary/aromatic N) is 1. The lowest BCUT2D eigenvalue weighted by atomic mass is 10.1. The second-order valence-corrected chi connectivity index (χ2v) is 6.21. The predicted octanol–water partition coefficient (Wildman–Crippen LogP) is 2.53. The van der Waals surface area contributed by atoms with Gasteiger partial charge in [-0.1, -0.05) is 13.8 Å². The van der Waals surface area contributed by atoms with E-state index < -0.39 is 0 Å². The molecule has 156 valence electrons. The highest BCUT2D eigenvalue weighted by molar-refractivity contribution is 6.21. The fourth-order valence-corrected chi connectivity index (χ4v) is 2.82. The highest BCUT2D eigenvalue weighted by atomic mass is 16.5. The Morgan fingerprint density at radius 3 is 2.04 bits per heavy atom. The van der Waals surface area contributed by atoms with Crippen LogP contribution in [0.2, 0.25) is 0 Å². The summed E-state index contributed by atoms with van der Waals surface area (Å²) >= 11 is 0. The molecule has 0 aliphatic rings. The van der Waals surface area contributed by atoms with Gasteiger partial charge in [-0.05, 0) is 56.8 Å². The van der Waals surface area contributed by atoms with Gasteiger partial charge in [-0.15, -0.1) is 0 Å². The summed E-state index contributed by atoms with van der Waals surface area (Å²) in [5, 5.41) is 2.83. The Bertz CT molecular complexity index is 671. The Kier molecular flexibility index (Phi) is 10.1. The number of ether oxygens (including phenoxy) is 3. The molecule has 0 radical (unpaired) electrons. The Morgan fingerprint density at radius 1 is 1.04 bits per heavy atom. The minimum absolute atomic E-state index is 0.0807. The second-order valence-electron chi connectivity index (χ2n) is 6.21. The summed E-state index contributed by atoms with van der Waals surface area (Å²) in [4.78, 5) is 26.8. The molecule has 1 aromatic carbocycles. The molecule has 0 aliphatic heterocycles. The van der Waals surface area contributed by atoms with E-state index >= 15 is 0 Å². The van der Waals surface area contributed by atoms with Gasteiger partial charge in [0.15, 0.2) is 17.3 Å². The fraction of sp³-hybridized carbons (Fsp3) is 0.524. The van der Waals surface area contributed by atoms with Gasteiger partial charge in [0, 0.05) is 6.54 Å². The number of hydrogen-bond donors (Lipinski definition) is 1. The topological polar surface area (TPSA) is 77.1 Å². The highest BCUT2D eigenvalue weighted by Crippen LogP contribution is 2.38. The van der Waals surface area contributed by atoms with E-state index in [-0.39, 0.29) is 17.3 Å².